The molecular weight excluding hydrogens is 434 g/mol. The van der Waals surface area contributed by atoms with Crippen molar-refractivity contribution in [3.05, 3.63) is 60.4 Å². The third-order valence-electron chi connectivity index (χ3n) is 7.89. The molecule has 1 aromatic carbocycles. The van der Waals surface area contributed by atoms with Crippen LogP contribution in [0.15, 0.2) is 54.9 Å². The minimum atomic E-state index is -0.164. The third kappa shape index (κ3) is 7.65. The third-order valence-corrected chi connectivity index (χ3v) is 7.89. The van der Waals surface area contributed by atoms with Crippen LogP contribution in [0.25, 0.3) is 5.69 Å². The number of nitrogens with one attached hydrogen (secondary N) is 2. The molecule has 1 heterocycles. The molecule has 1 aliphatic carbocycles. The largest absolute Gasteiger partial charge is 0.350 e. The molecule has 2 aromatic rings. The number of rotatable bonds is 11. The Kier molecular flexibility index (Phi) is 9.88. The van der Waals surface area contributed by atoms with Crippen LogP contribution in [0.4, 0.5) is 0 Å². The second-order valence-electron chi connectivity index (χ2n) is 11.0. The van der Waals surface area contributed by atoms with Gasteiger partial charge in [0.25, 0.3) is 0 Å². The van der Waals surface area contributed by atoms with Crippen LogP contribution in [0.1, 0.15) is 65.9 Å². The van der Waals surface area contributed by atoms with Gasteiger partial charge >= 0.3 is 0 Å². The van der Waals surface area contributed by atoms with Crippen molar-refractivity contribution in [3.63, 3.8) is 0 Å². The van der Waals surface area contributed by atoms with E-state index in [-0.39, 0.29) is 18.4 Å². The normalized spacial score (nSPS) is 20.7. The fourth-order valence-electron chi connectivity index (χ4n) is 5.98. The maximum absolute atomic E-state index is 12.4. The van der Waals surface area contributed by atoms with Gasteiger partial charge in [-0.25, -0.2) is 0 Å². The number of hydrogen-bond donors (Lipinski definition) is 2. The quantitative estimate of drug-likeness (QED) is 0.443. The highest BCUT2D eigenvalue weighted by Crippen LogP contribution is 2.48. The van der Waals surface area contributed by atoms with Gasteiger partial charge in [-0.05, 0) is 60.3 Å². The number of nitrogens with zero attached hydrogens (tertiary/aromatic N) is 1. The van der Waals surface area contributed by atoms with Crippen molar-refractivity contribution in [2.24, 2.45) is 35.5 Å². The van der Waals surface area contributed by atoms with Gasteiger partial charge in [0.15, 0.2) is 12.4 Å². The van der Waals surface area contributed by atoms with Gasteiger partial charge in [-0.1, -0.05) is 52.8 Å². The summed E-state index contributed by atoms with van der Waals surface area (Å²) in [5.41, 5.74) is 2.09. The second-order valence-corrected chi connectivity index (χ2v) is 11.0. The van der Waals surface area contributed by atoms with Crippen molar-refractivity contribution in [1.82, 2.24) is 10.6 Å². The van der Waals surface area contributed by atoms with Crippen LogP contribution in [-0.2, 0) is 16.1 Å². The van der Waals surface area contributed by atoms with Gasteiger partial charge in [0, 0.05) is 37.2 Å². The molecule has 1 fully saturated rings. The molecule has 5 heteroatoms. The van der Waals surface area contributed by atoms with E-state index in [1.165, 1.54) is 12.8 Å². The molecule has 190 valence electrons. The summed E-state index contributed by atoms with van der Waals surface area (Å²) in [5, 5.41) is 5.70. The number of hydrogen-bond acceptors (Lipinski definition) is 2. The lowest BCUT2D eigenvalue weighted by molar-refractivity contribution is -0.595. The predicted molar refractivity (Wildman–Crippen MR) is 141 cm³/mol. The molecule has 0 radical (unpaired) electrons. The number of pyridine rings is 1. The molecular formula is C30H44N3O2+. The van der Waals surface area contributed by atoms with Crippen molar-refractivity contribution < 1.29 is 14.2 Å². The van der Waals surface area contributed by atoms with Gasteiger partial charge in [-0.2, -0.15) is 4.57 Å². The molecule has 2 N–H and O–H groups in total. The predicted octanol–water partition coefficient (Wildman–Crippen LogP) is 5.07. The lowest BCUT2D eigenvalue weighted by Gasteiger charge is -2.34. The van der Waals surface area contributed by atoms with Crippen molar-refractivity contribution in [1.29, 1.82) is 0 Å². The van der Waals surface area contributed by atoms with Crippen molar-refractivity contribution in [3.8, 4) is 5.69 Å². The zero-order valence-electron chi connectivity index (χ0n) is 22.2. The van der Waals surface area contributed by atoms with Crippen LogP contribution in [0, 0.1) is 35.5 Å². The Morgan fingerprint density at radius 1 is 0.857 bits per heavy atom. The van der Waals surface area contributed by atoms with E-state index in [4.69, 9.17) is 0 Å². The van der Waals surface area contributed by atoms with E-state index in [1.807, 2.05) is 59.4 Å². The smallest absolute Gasteiger partial charge is 0.239 e. The zero-order chi connectivity index (χ0) is 25.4. The maximum Gasteiger partial charge on any atom is 0.239 e. The van der Waals surface area contributed by atoms with Crippen LogP contribution < -0.4 is 15.2 Å². The number of aromatic nitrogens is 1. The molecule has 0 spiro atoms. The summed E-state index contributed by atoms with van der Waals surface area (Å²) in [7, 11) is 0. The second kappa shape index (κ2) is 12.9. The number of amides is 2. The summed E-state index contributed by atoms with van der Waals surface area (Å²) in [6.07, 6.45) is 7.97. The standard InChI is InChI=1S/C30H43N3O2/c1-21(2)26-14-15-27(30(26)22(3)4)23(5)9-16-28(34)32-20-29(35)31-19-24-10-12-25(13-11-24)33-17-7-6-8-18-33/h6-8,10-13,17-18,21-23,26-27,30H,9,14-16,19-20H2,1-5H3,(H-,31,32,34,35)/p+1. The summed E-state index contributed by atoms with van der Waals surface area (Å²) in [6, 6.07) is 14.0. The van der Waals surface area contributed by atoms with Gasteiger partial charge in [0.05, 0.1) is 6.54 Å². The summed E-state index contributed by atoms with van der Waals surface area (Å²) < 4.78 is 2.04. The molecule has 0 aliphatic heterocycles. The monoisotopic (exact) mass is 478 g/mol. The Morgan fingerprint density at radius 2 is 1.51 bits per heavy atom. The van der Waals surface area contributed by atoms with Crippen LogP contribution in [-0.4, -0.2) is 18.4 Å². The van der Waals surface area contributed by atoms with E-state index in [1.54, 1.807) is 0 Å². The first-order chi connectivity index (χ1) is 16.8. The maximum atomic E-state index is 12.4. The highest BCUT2D eigenvalue weighted by Gasteiger charge is 2.41. The van der Waals surface area contributed by atoms with Crippen molar-refractivity contribution in [2.45, 2.75) is 66.8 Å². The Labute approximate surface area is 211 Å². The van der Waals surface area contributed by atoms with Gasteiger partial charge in [-0.15, -0.1) is 0 Å². The molecule has 0 saturated heterocycles. The zero-order valence-corrected chi connectivity index (χ0v) is 22.2. The van der Waals surface area contributed by atoms with Crippen LogP contribution in [0.3, 0.4) is 0 Å². The molecule has 4 unspecified atom stereocenters. The molecule has 1 aliphatic rings. The Hall–Kier alpha value is -2.69. The van der Waals surface area contributed by atoms with Crippen molar-refractivity contribution in [2.75, 3.05) is 6.54 Å². The summed E-state index contributed by atoms with van der Waals surface area (Å²) in [4.78, 5) is 24.7. The Balaban J connectivity index is 1.37. The van der Waals surface area contributed by atoms with Crippen LogP contribution in [0.5, 0.6) is 0 Å². The number of carbonyl (C=O) groups excluding carboxylic acids is 2. The van der Waals surface area contributed by atoms with E-state index in [2.05, 4.69) is 45.3 Å². The lowest BCUT2D eigenvalue weighted by atomic mass is 9.72. The van der Waals surface area contributed by atoms with E-state index in [0.717, 1.165) is 35.4 Å². The fourth-order valence-corrected chi connectivity index (χ4v) is 5.98. The summed E-state index contributed by atoms with van der Waals surface area (Å²) in [6.45, 7) is 12.2. The molecule has 4 atom stereocenters. The van der Waals surface area contributed by atoms with E-state index < -0.39 is 0 Å². The van der Waals surface area contributed by atoms with E-state index in [0.29, 0.717) is 30.7 Å². The van der Waals surface area contributed by atoms with Gasteiger partial charge in [0.2, 0.25) is 17.5 Å². The van der Waals surface area contributed by atoms with Gasteiger partial charge in [-0.3, -0.25) is 9.59 Å². The average Bonchev–Trinajstić information content (AvgIpc) is 3.32. The first-order valence-corrected chi connectivity index (χ1v) is 13.3. The SMILES string of the molecule is CC(C)C1CCC(C(C)CCC(=O)NCC(=O)NCc2ccc(-[n+]3ccccc3)cc2)C1C(C)C. The number of carbonyl (C=O) groups is 2. The molecule has 3 rings (SSSR count). The molecule has 35 heavy (non-hydrogen) atoms. The minimum absolute atomic E-state index is 0.0264. The highest BCUT2D eigenvalue weighted by molar-refractivity contribution is 5.84. The average molecular weight is 479 g/mol. The molecule has 1 aromatic heterocycles. The summed E-state index contributed by atoms with van der Waals surface area (Å²) >= 11 is 0. The topological polar surface area (TPSA) is 62.1 Å². The molecule has 0 bridgehead atoms. The van der Waals surface area contributed by atoms with E-state index in [9.17, 15) is 9.59 Å². The highest BCUT2D eigenvalue weighted by atomic mass is 16.2. The van der Waals surface area contributed by atoms with Crippen molar-refractivity contribution >= 4 is 11.8 Å². The summed E-state index contributed by atoms with van der Waals surface area (Å²) in [5.74, 6) is 3.99. The van der Waals surface area contributed by atoms with Gasteiger partial charge in [0.1, 0.15) is 0 Å². The van der Waals surface area contributed by atoms with E-state index >= 15 is 0 Å². The Bertz CT molecular complexity index is 940. The van der Waals surface area contributed by atoms with Crippen LogP contribution >= 0.6 is 0 Å². The molecule has 5 nitrogen and oxygen atoms in total. The van der Waals surface area contributed by atoms with Gasteiger partial charge < -0.3 is 10.6 Å². The first-order valence-electron chi connectivity index (χ1n) is 13.3. The molecule has 2 amide bonds. The van der Waals surface area contributed by atoms with Crippen LogP contribution in [0.2, 0.25) is 0 Å². The first kappa shape index (κ1) is 26.9. The molecule has 1 saturated carbocycles. The Morgan fingerprint density at radius 3 is 2.14 bits per heavy atom. The lowest BCUT2D eigenvalue weighted by Crippen LogP contribution is -2.37. The minimum Gasteiger partial charge on any atom is -0.350 e. The fraction of sp³-hybridized carbons (Fsp3) is 0.567. The number of benzene rings is 1.